The Morgan fingerprint density at radius 3 is 1.69 bits per heavy atom. The van der Waals surface area contributed by atoms with Gasteiger partial charge in [0.15, 0.2) is 0 Å². The first-order chi connectivity index (χ1) is 19.2. The summed E-state index contributed by atoms with van der Waals surface area (Å²) >= 11 is 0. The highest BCUT2D eigenvalue weighted by molar-refractivity contribution is 5.88. The van der Waals surface area contributed by atoms with Gasteiger partial charge in [-0.3, -0.25) is 0 Å². The summed E-state index contributed by atoms with van der Waals surface area (Å²) in [4.78, 5) is 0. The van der Waals surface area contributed by atoms with Crippen LogP contribution in [-0.4, -0.2) is 0 Å². The Hall–Kier alpha value is -4.16. The van der Waals surface area contributed by atoms with E-state index in [2.05, 4.69) is 148 Å². The van der Waals surface area contributed by atoms with Gasteiger partial charge in [-0.15, -0.1) is 6.58 Å². The highest BCUT2D eigenvalue weighted by atomic mass is 14.5. The number of allylic oxidation sites excluding steroid dienone is 1. The second kappa shape index (κ2) is 10.5. The summed E-state index contributed by atoms with van der Waals surface area (Å²) < 4.78 is 0. The molecule has 0 heterocycles. The standard InChI is InChI=1S/C39H36/c1-4-6-25-39(34-15-11-8-12-16-34)37-26-32(30-13-9-7-10-14-30)21-23-35(37)36-24-22-33(27-38(36)39)31-19-17-29(18-20-31)28(3)5-2/h4,7-24,26-28H,1,5-6,25H2,2-3H3. The van der Waals surface area contributed by atoms with Gasteiger partial charge < -0.3 is 0 Å². The SMILES string of the molecule is C=CCCC1(c2ccccc2)c2cc(-c3ccccc3)ccc2-c2ccc(-c3ccc(C(C)CC)cc3)cc21. The topological polar surface area (TPSA) is 0 Å². The van der Waals surface area contributed by atoms with E-state index < -0.39 is 0 Å². The predicted molar refractivity (Wildman–Crippen MR) is 167 cm³/mol. The molecule has 0 nitrogen and oxygen atoms in total. The second-order valence-corrected chi connectivity index (χ2v) is 10.9. The summed E-state index contributed by atoms with van der Waals surface area (Å²) in [5.74, 6) is 0.581. The maximum atomic E-state index is 4.12. The lowest BCUT2D eigenvalue weighted by Crippen LogP contribution is -2.27. The van der Waals surface area contributed by atoms with Crippen LogP contribution in [0.5, 0.6) is 0 Å². The van der Waals surface area contributed by atoms with Gasteiger partial charge in [0.05, 0.1) is 0 Å². The minimum Gasteiger partial charge on any atom is -0.103 e. The monoisotopic (exact) mass is 504 g/mol. The molecular weight excluding hydrogens is 468 g/mol. The molecule has 0 radical (unpaired) electrons. The third-order valence-electron chi connectivity index (χ3n) is 8.77. The lowest BCUT2D eigenvalue weighted by molar-refractivity contribution is 0.580. The average molecular weight is 505 g/mol. The van der Waals surface area contributed by atoms with E-state index in [-0.39, 0.29) is 5.41 Å². The molecule has 0 aromatic heterocycles. The molecule has 0 fully saturated rings. The van der Waals surface area contributed by atoms with Crippen molar-refractivity contribution in [1.29, 1.82) is 0 Å². The van der Waals surface area contributed by atoms with Crippen LogP contribution in [0.2, 0.25) is 0 Å². The van der Waals surface area contributed by atoms with Gasteiger partial charge in [0.1, 0.15) is 0 Å². The zero-order valence-corrected chi connectivity index (χ0v) is 23.0. The van der Waals surface area contributed by atoms with Crippen LogP contribution >= 0.6 is 0 Å². The molecule has 5 aromatic rings. The van der Waals surface area contributed by atoms with Crippen molar-refractivity contribution in [2.24, 2.45) is 0 Å². The smallest absolute Gasteiger partial charge is 0.0467 e. The molecule has 5 aromatic carbocycles. The minimum absolute atomic E-state index is 0.239. The largest absolute Gasteiger partial charge is 0.103 e. The van der Waals surface area contributed by atoms with Crippen molar-refractivity contribution in [1.82, 2.24) is 0 Å². The Labute approximate surface area is 233 Å². The molecule has 0 saturated carbocycles. The van der Waals surface area contributed by atoms with Gasteiger partial charge in [0.2, 0.25) is 0 Å². The van der Waals surface area contributed by atoms with E-state index in [0.717, 1.165) is 19.3 Å². The van der Waals surface area contributed by atoms with Gasteiger partial charge >= 0.3 is 0 Å². The molecule has 1 aliphatic rings. The number of hydrogen-bond donors (Lipinski definition) is 0. The summed E-state index contributed by atoms with van der Waals surface area (Å²) in [7, 11) is 0. The van der Waals surface area contributed by atoms with Crippen LogP contribution in [0, 0.1) is 0 Å². The normalized spacial score (nSPS) is 16.4. The minimum atomic E-state index is -0.239. The van der Waals surface area contributed by atoms with Gasteiger partial charge in [-0.25, -0.2) is 0 Å². The summed E-state index contributed by atoms with van der Waals surface area (Å²) in [5.41, 5.74) is 13.1. The third-order valence-corrected chi connectivity index (χ3v) is 8.77. The fraction of sp³-hybridized carbons (Fsp3) is 0.179. The first-order valence-electron chi connectivity index (χ1n) is 14.3. The molecule has 1 aliphatic carbocycles. The number of fused-ring (bicyclic) bond motifs is 3. The summed E-state index contributed by atoms with van der Waals surface area (Å²) in [6, 6.07) is 45.3. The molecule has 6 rings (SSSR count). The second-order valence-electron chi connectivity index (χ2n) is 10.9. The zero-order chi connectivity index (χ0) is 26.8. The fourth-order valence-electron chi connectivity index (χ4n) is 6.40. The Bertz CT molecular complexity index is 1590. The molecule has 0 heteroatoms. The van der Waals surface area contributed by atoms with Crippen molar-refractivity contribution in [2.75, 3.05) is 0 Å². The molecular formula is C39H36. The number of hydrogen-bond acceptors (Lipinski definition) is 0. The molecule has 0 spiro atoms. The Morgan fingerprint density at radius 2 is 1.15 bits per heavy atom. The fourth-order valence-corrected chi connectivity index (χ4v) is 6.40. The first kappa shape index (κ1) is 25.1. The zero-order valence-electron chi connectivity index (χ0n) is 23.0. The molecule has 0 amide bonds. The molecule has 0 aliphatic heterocycles. The van der Waals surface area contributed by atoms with E-state index in [1.54, 1.807) is 0 Å². The van der Waals surface area contributed by atoms with Crippen LogP contribution in [0.3, 0.4) is 0 Å². The van der Waals surface area contributed by atoms with Gasteiger partial charge in [-0.1, -0.05) is 129 Å². The van der Waals surface area contributed by atoms with Crippen molar-refractivity contribution < 1.29 is 0 Å². The van der Waals surface area contributed by atoms with E-state index in [1.807, 2.05) is 0 Å². The van der Waals surface area contributed by atoms with Crippen molar-refractivity contribution in [2.45, 2.75) is 44.4 Å². The predicted octanol–water partition coefficient (Wildman–Crippen LogP) is 10.8. The van der Waals surface area contributed by atoms with Crippen molar-refractivity contribution >= 4 is 0 Å². The van der Waals surface area contributed by atoms with Crippen molar-refractivity contribution in [3.8, 4) is 33.4 Å². The van der Waals surface area contributed by atoms with Crippen LogP contribution < -0.4 is 0 Å². The van der Waals surface area contributed by atoms with Gasteiger partial charge in [-0.2, -0.15) is 0 Å². The highest BCUT2D eigenvalue weighted by Gasteiger charge is 2.44. The summed E-state index contributed by atoms with van der Waals surface area (Å²) in [6.07, 6.45) is 5.15. The first-order valence-corrected chi connectivity index (χ1v) is 14.3. The van der Waals surface area contributed by atoms with Gasteiger partial charge in [0, 0.05) is 5.41 Å². The molecule has 0 saturated heterocycles. The van der Waals surface area contributed by atoms with Crippen molar-refractivity contribution in [3.63, 3.8) is 0 Å². The van der Waals surface area contributed by atoms with E-state index >= 15 is 0 Å². The lowest BCUT2D eigenvalue weighted by atomic mass is 9.69. The third kappa shape index (κ3) is 4.35. The summed E-state index contributed by atoms with van der Waals surface area (Å²) in [5, 5.41) is 0. The maximum Gasteiger partial charge on any atom is 0.0467 e. The molecule has 192 valence electrons. The highest BCUT2D eigenvalue weighted by Crippen LogP contribution is 2.56. The quantitative estimate of drug-likeness (QED) is 0.184. The van der Waals surface area contributed by atoms with E-state index in [9.17, 15) is 0 Å². The lowest BCUT2D eigenvalue weighted by Gasteiger charge is -2.33. The van der Waals surface area contributed by atoms with Crippen LogP contribution in [0.15, 0.2) is 134 Å². The average Bonchev–Trinajstić information content (AvgIpc) is 3.29. The number of rotatable bonds is 8. The van der Waals surface area contributed by atoms with E-state index in [0.29, 0.717) is 5.92 Å². The van der Waals surface area contributed by atoms with Gasteiger partial charge in [-0.05, 0) is 92.9 Å². The Balaban J connectivity index is 1.57. The molecule has 2 atom stereocenters. The Kier molecular flexibility index (Phi) is 6.79. The summed E-state index contributed by atoms with van der Waals surface area (Å²) in [6.45, 7) is 8.68. The molecule has 2 unspecified atom stereocenters. The number of benzene rings is 5. The van der Waals surface area contributed by atoms with Crippen LogP contribution in [0.1, 0.15) is 61.3 Å². The molecule has 0 bridgehead atoms. The van der Waals surface area contributed by atoms with Crippen LogP contribution in [0.4, 0.5) is 0 Å². The molecule has 39 heavy (non-hydrogen) atoms. The van der Waals surface area contributed by atoms with Gasteiger partial charge in [0.25, 0.3) is 0 Å². The Morgan fingerprint density at radius 1 is 0.641 bits per heavy atom. The van der Waals surface area contributed by atoms with Crippen LogP contribution in [0.25, 0.3) is 33.4 Å². The van der Waals surface area contributed by atoms with E-state index in [4.69, 9.17) is 0 Å². The van der Waals surface area contributed by atoms with Crippen LogP contribution in [-0.2, 0) is 5.41 Å². The maximum absolute atomic E-state index is 4.12. The molecule has 0 N–H and O–H groups in total. The van der Waals surface area contributed by atoms with E-state index in [1.165, 1.54) is 55.6 Å². The van der Waals surface area contributed by atoms with Crippen molar-refractivity contribution in [3.05, 3.63) is 156 Å².